The molecule has 1 atom stereocenters. The number of anilines is 3. The van der Waals surface area contributed by atoms with Gasteiger partial charge in [0.25, 0.3) is 0 Å². The average Bonchev–Trinajstić information content (AvgIpc) is 3.42. The van der Waals surface area contributed by atoms with Gasteiger partial charge in [0.2, 0.25) is 0 Å². The lowest BCUT2D eigenvalue weighted by molar-refractivity contribution is 0.0536. The number of nitrogens with zero attached hydrogens (tertiary/aromatic N) is 4. The van der Waals surface area contributed by atoms with Crippen LogP contribution in [0, 0.1) is 28.5 Å². The first-order chi connectivity index (χ1) is 19.4. The van der Waals surface area contributed by atoms with Crippen LogP contribution in [-0.2, 0) is 5.75 Å². The van der Waals surface area contributed by atoms with Crippen molar-refractivity contribution >= 4 is 39.7 Å². The zero-order valence-corrected chi connectivity index (χ0v) is 22.7. The van der Waals surface area contributed by atoms with E-state index in [4.69, 9.17) is 20.3 Å². The van der Waals surface area contributed by atoms with Crippen LogP contribution in [0.3, 0.4) is 0 Å². The molecule has 0 spiro atoms. The van der Waals surface area contributed by atoms with Crippen LogP contribution >= 0.6 is 23.1 Å². The van der Waals surface area contributed by atoms with Crippen molar-refractivity contribution in [1.82, 2.24) is 9.97 Å². The number of benzene rings is 2. The van der Waals surface area contributed by atoms with Crippen LogP contribution in [0.4, 0.5) is 21.0 Å². The highest BCUT2D eigenvalue weighted by Gasteiger charge is 2.21. The van der Waals surface area contributed by atoms with Crippen LogP contribution in [-0.4, -0.2) is 46.6 Å². The van der Waals surface area contributed by atoms with Crippen molar-refractivity contribution in [1.29, 1.82) is 10.5 Å². The summed E-state index contributed by atoms with van der Waals surface area (Å²) < 4.78 is 24.1. The summed E-state index contributed by atoms with van der Waals surface area (Å²) >= 11 is 2.62. The van der Waals surface area contributed by atoms with E-state index in [0.29, 0.717) is 44.2 Å². The molecule has 0 saturated heterocycles. The van der Waals surface area contributed by atoms with Crippen LogP contribution in [0.15, 0.2) is 52.9 Å². The van der Waals surface area contributed by atoms with E-state index in [2.05, 4.69) is 21.4 Å². The fraction of sp³-hybridized carbons (Fsp3) is 0.185. The van der Waals surface area contributed by atoms with E-state index in [1.165, 1.54) is 42.3 Å². The number of ether oxygens (including phenoxy) is 2. The molecule has 5 N–H and O–H groups in total. The lowest BCUT2D eigenvalue weighted by atomic mass is 9.97. The normalized spacial score (nSPS) is 11.3. The summed E-state index contributed by atoms with van der Waals surface area (Å²) in [4.78, 5) is 8.87. The third kappa shape index (κ3) is 6.59. The van der Waals surface area contributed by atoms with Gasteiger partial charge in [-0.1, -0.05) is 23.9 Å². The number of nitrogens with one attached hydrogen (secondary N) is 1. The fourth-order valence-electron chi connectivity index (χ4n) is 3.59. The summed E-state index contributed by atoms with van der Waals surface area (Å²) in [7, 11) is 1.39. The number of aliphatic hydroxyl groups excluding tert-OH is 2. The number of halogens is 1. The summed E-state index contributed by atoms with van der Waals surface area (Å²) in [6.07, 6.45) is -1.01. The summed E-state index contributed by atoms with van der Waals surface area (Å²) in [6, 6.07) is 15.2. The lowest BCUT2D eigenvalue weighted by Gasteiger charge is -2.14. The molecule has 0 aliphatic carbocycles. The molecular formula is C27H23FN6O4S2. The standard InChI is InChI=1S/C27H23FN6O4S2/c1-37-23-8-16(4-7-22(23)28)32-27-33-17(14-40-27)13-39-26-21(10-30)24(20(9-29)25(31)34-26)15-2-5-19(6-3-15)38-12-18(36)11-35/h2-8,14,18,35-36H,11-13H2,1H3,(H2,31,34)(H,32,33)/t18-/m1/s1. The summed E-state index contributed by atoms with van der Waals surface area (Å²) in [5.74, 6) is 0.461. The van der Waals surface area contributed by atoms with Gasteiger partial charge in [-0.3, -0.25) is 0 Å². The summed E-state index contributed by atoms with van der Waals surface area (Å²) in [5, 5.41) is 44.1. The Bertz CT molecular complexity index is 1580. The van der Waals surface area contributed by atoms with E-state index in [9.17, 15) is 20.0 Å². The molecule has 4 aromatic rings. The van der Waals surface area contributed by atoms with Gasteiger partial charge in [-0.15, -0.1) is 11.3 Å². The zero-order valence-electron chi connectivity index (χ0n) is 21.1. The number of thioether (sulfide) groups is 1. The number of thiazole rings is 1. The van der Waals surface area contributed by atoms with E-state index < -0.39 is 18.5 Å². The molecule has 0 bridgehead atoms. The number of nitriles is 2. The molecule has 2 aromatic carbocycles. The minimum atomic E-state index is -1.01. The van der Waals surface area contributed by atoms with Crippen molar-refractivity contribution in [2.45, 2.75) is 16.9 Å². The van der Waals surface area contributed by atoms with E-state index >= 15 is 0 Å². The second kappa shape index (κ2) is 13.1. The quantitative estimate of drug-likeness (QED) is 0.185. The van der Waals surface area contributed by atoms with Crippen LogP contribution in [0.5, 0.6) is 11.5 Å². The van der Waals surface area contributed by atoms with E-state index in [1.54, 1.807) is 30.3 Å². The van der Waals surface area contributed by atoms with Crippen molar-refractivity contribution in [2.24, 2.45) is 0 Å². The second-order valence-corrected chi connectivity index (χ2v) is 10.1. The third-order valence-electron chi connectivity index (χ3n) is 5.52. The number of methoxy groups -OCH3 is 1. The molecule has 2 aromatic heterocycles. The van der Waals surface area contributed by atoms with Gasteiger partial charge >= 0.3 is 0 Å². The largest absolute Gasteiger partial charge is 0.494 e. The molecule has 40 heavy (non-hydrogen) atoms. The fourth-order valence-corrected chi connectivity index (χ4v) is 5.31. The molecule has 10 nitrogen and oxygen atoms in total. The maximum atomic E-state index is 13.7. The Kier molecular flexibility index (Phi) is 9.37. The molecule has 0 aliphatic rings. The number of aliphatic hydroxyl groups is 2. The van der Waals surface area contributed by atoms with Gasteiger partial charge in [0.15, 0.2) is 16.7 Å². The second-order valence-electron chi connectivity index (χ2n) is 8.23. The topological polar surface area (TPSA) is 170 Å². The minimum absolute atomic E-state index is 0.00344. The van der Waals surface area contributed by atoms with Gasteiger partial charge in [0.1, 0.15) is 47.0 Å². The third-order valence-corrected chi connectivity index (χ3v) is 7.34. The highest BCUT2D eigenvalue weighted by atomic mass is 32.2. The van der Waals surface area contributed by atoms with Crippen LogP contribution in [0.1, 0.15) is 16.8 Å². The number of nitrogens with two attached hydrogens (primary N) is 1. The van der Waals surface area contributed by atoms with Gasteiger partial charge in [-0.25, -0.2) is 14.4 Å². The van der Waals surface area contributed by atoms with Gasteiger partial charge in [0, 0.05) is 28.5 Å². The Morgan fingerprint density at radius 3 is 2.58 bits per heavy atom. The average molecular weight is 579 g/mol. The highest BCUT2D eigenvalue weighted by molar-refractivity contribution is 7.98. The Morgan fingerprint density at radius 2 is 1.90 bits per heavy atom. The number of hydrogen-bond donors (Lipinski definition) is 4. The first kappa shape index (κ1) is 28.6. The molecule has 2 heterocycles. The number of pyridine rings is 1. The molecule has 0 radical (unpaired) electrons. The molecule has 13 heteroatoms. The first-order valence-corrected chi connectivity index (χ1v) is 13.6. The lowest BCUT2D eigenvalue weighted by Crippen LogP contribution is -2.21. The van der Waals surface area contributed by atoms with Gasteiger partial charge in [-0.2, -0.15) is 10.5 Å². The Morgan fingerprint density at radius 1 is 1.15 bits per heavy atom. The highest BCUT2D eigenvalue weighted by Crippen LogP contribution is 2.37. The van der Waals surface area contributed by atoms with Crippen molar-refractivity contribution in [3.63, 3.8) is 0 Å². The van der Waals surface area contributed by atoms with E-state index in [-0.39, 0.29) is 29.3 Å². The first-order valence-electron chi connectivity index (χ1n) is 11.7. The Hall–Kier alpha value is -4.40. The maximum Gasteiger partial charge on any atom is 0.187 e. The molecule has 0 aliphatic heterocycles. The van der Waals surface area contributed by atoms with Crippen LogP contribution in [0.25, 0.3) is 11.1 Å². The van der Waals surface area contributed by atoms with Crippen molar-refractivity contribution in [2.75, 3.05) is 31.4 Å². The molecule has 0 saturated carbocycles. The summed E-state index contributed by atoms with van der Waals surface area (Å²) in [6.45, 7) is -0.508. The van der Waals surface area contributed by atoms with Crippen molar-refractivity contribution < 1.29 is 24.1 Å². The summed E-state index contributed by atoms with van der Waals surface area (Å²) in [5.41, 5.74) is 8.66. The molecule has 204 valence electrons. The van der Waals surface area contributed by atoms with Crippen LogP contribution < -0.4 is 20.5 Å². The van der Waals surface area contributed by atoms with Gasteiger partial charge in [0.05, 0.1) is 25.0 Å². The predicted molar refractivity (Wildman–Crippen MR) is 150 cm³/mol. The maximum absolute atomic E-state index is 13.7. The molecule has 4 rings (SSSR count). The van der Waals surface area contributed by atoms with Crippen LogP contribution in [0.2, 0.25) is 0 Å². The smallest absolute Gasteiger partial charge is 0.187 e. The SMILES string of the molecule is COc1cc(Nc2nc(CSc3nc(N)c(C#N)c(-c4ccc(OC[C@H](O)CO)cc4)c3C#N)cs2)ccc1F. The van der Waals surface area contributed by atoms with Crippen molar-refractivity contribution in [3.05, 3.63) is 70.5 Å². The van der Waals surface area contributed by atoms with E-state index in [1.807, 2.05) is 11.4 Å². The Labute approximate surface area is 237 Å². The Balaban J connectivity index is 1.54. The molecule has 0 unspecified atom stereocenters. The zero-order chi connectivity index (χ0) is 28.6. The van der Waals surface area contributed by atoms with E-state index in [0.717, 1.165) is 0 Å². The molecule has 0 amide bonds. The monoisotopic (exact) mass is 578 g/mol. The number of aromatic nitrogens is 2. The van der Waals surface area contributed by atoms with Gasteiger partial charge in [-0.05, 0) is 29.8 Å². The predicted octanol–water partition coefficient (Wildman–Crippen LogP) is 4.45. The number of nitrogen functional groups attached to an aromatic ring is 1. The van der Waals surface area contributed by atoms with Crippen molar-refractivity contribution in [3.8, 4) is 34.8 Å². The van der Waals surface area contributed by atoms with Gasteiger partial charge < -0.3 is 30.7 Å². The molecular weight excluding hydrogens is 555 g/mol. The minimum Gasteiger partial charge on any atom is -0.494 e. The number of hydrogen-bond acceptors (Lipinski definition) is 12. The molecule has 0 fully saturated rings. The number of rotatable bonds is 11.